The van der Waals surface area contributed by atoms with E-state index in [1.54, 1.807) is 0 Å². The van der Waals surface area contributed by atoms with E-state index < -0.39 is 13.9 Å². The van der Waals surface area contributed by atoms with Crippen LogP contribution in [0.15, 0.2) is 0 Å². The topological polar surface area (TPSA) is 117 Å². The number of hydrogen-bond donors (Lipinski definition) is 2. The van der Waals surface area contributed by atoms with E-state index in [1.165, 1.54) is 263 Å². The Bertz CT molecular complexity index is 971. The third kappa shape index (κ3) is 54.3. The zero-order chi connectivity index (χ0) is 47.3. The SMILES string of the molecule is CCCCCCCCCCCCCCCCCCCCCCCCCCCOCC(COP(=O)(O)OCCN)OC(=O)CCCCCCCCCCCCCCCCCCCCCCC. The summed E-state index contributed by atoms with van der Waals surface area (Å²) in [5.74, 6) is -0.319. The number of rotatable bonds is 57. The minimum Gasteiger partial charge on any atom is -0.457 e. The zero-order valence-electron chi connectivity index (χ0n) is 43.8. The molecule has 390 valence electrons. The molecule has 0 heterocycles. The second-order valence-electron chi connectivity index (χ2n) is 19.9. The molecule has 65 heavy (non-hydrogen) atoms. The Kier molecular flexibility index (Phi) is 54.0. The van der Waals surface area contributed by atoms with Crippen LogP contribution in [0.1, 0.15) is 316 Å². The fourth-order valence-electron chi connectivity index (χ4n) is 9.00. The van der Waals surface area contributed by atoms with E-state index >= 15 is 0 Å². The minimum atomic E-state index is -4.28. The maximum Gasteiger partial charge on any atom is 0.472 e. The maximum atomic E-state index is 12.7. The number of nitrogens with two attached hydrogens (primary N) is 1. The Labute approximate surface area is 405 Å². The van der Waals surface area contributed by atoms with Crippen LogP contribution in [0.5, 0.6) is 0 Å². The van der Waals surface area contributed by atoms with Crippen molar-refractivity contribution in [2.45, 2.75) is 322 Å². The van der Waals surface area contributed by atoms with Crippen LogP contribution in [-0.2, 0) is 27.9 Å². The van der Waals surface area contributed by atoms with Crippen LogP contribution in [0.4, 0.5) is 0 Å². The summed E-state index contributed by atoms with van der Waals surface area (Å²) in [6, 6.07) is 0. The quantitative estimate of drug-likeness (QED) is 0.0352. The number of phosphoric acid groups is 1. The lowest BCUT2D eigenvalue weighted by atomic mass is 10.0. The highest BCUT2D eigenvalue weighted by Gasteiger charge is 2.25. The molecule has 0 spiro atoms. The highest BCUT2D eigenvalue weighted by atomic mass is 31.2. The first-order valence-corrected chi connectivity index (χ1v) is 30.5. The molecule has 0 amide bonds. The molecule has 8 nitrogen and oxygen atoms in total. The molecule has 0 aliphatic heterocycles. The molecule has 0 aliphatic rings. The van der Waals surface area contributed by atoms with Gasteiger partial charge in [-0.05, 0) is 12.8 Å². The third-order valence-corrected chi connectivity index (χ3v) is 14.3. The second-order valence-corrected chi connectivity index (χ2v) is 21.3. The van der Waals surface area contributed by atoms with Crippen molar-refractivity contribution in [3.05, 3.63) is 0 Å². The maximum absolute atomic E-state index is 12.7. The third-order valence-electron chi connectivity index (χ3n) is 13.3. The van der Waals surface area contributed by atoms with Crippen LogP contribution in [0.25, 0.3) is 0 Å². The average molecular weight is 945 g/mol. The Morgan fingerprint density at radius 2 is 0.677 bits per heavy atom. The molecule has 0 aromatic heterocycles. The molecule has 0 aromatic rings. The van der Waals surface area contributed by atoms with Gasteiger partial charge >= 0.3 is 13.8 Å². The zero-order valence-corrected chi connectivity index (χ0v) is 44.7. The van der Waals surface area contributed by atoms with Gasteiger partial charge in [-0.1, -0.05) is 296 Å². The predicted octanol–water partition coefficient (Wildman–Crippen LogP) is 18.4. The van der Waals surface area contributed by atoms with E-state index in [0.717, 1.165) is 32.1 Å². The highest BCUT2D eigenvalue weighted by molar-refractivity contribution is 7.47. The van der Waals surface area contributed by atoms with E-state index in [9.17, 15) is 14.3 Å². The summed E-state index contributed by atoms with van der Waals surface area (Å²) in [6.07, 6.45) is 61.6. The van der Waals surface area contributed by atoms with Crippen molar-refractivity contribution in [3.8, 4) is 0 Å². The lowest BCUT2D eigenvalue weighted by molar-refractivity contribution is -0.154. The lowest BCUT2D eigenvalue weighted by Gasteiger charge is -2.20. The summed E-state index contributed by atoms with van der Waals surface area (Å²) in [5.41, 5.74) is 5.40. The van der Waals surface area contributed by atoms with Gasteiger partial charge in [0.1, 0.15) is 6.10 Å². The Hall–Kier alpha value is -0.500. The largest absolute Gasteiger partial charge is 0.472 e. The first-order chi connectivity index (χ1) is 31.9. The monoisotopic (exact) mass is 944 g/mol. The van der Waals surface area contributed by atoms with Crippen LogP contribution >= 0.6 is 7.82 Å². The van der Waals surface area contributed by atoms with E-state index in [0.29, 0.717) is 13.0 Å². The van der Waals surface area contributed by atoms with Gasteiger partial charge in [0.25, 0.3) is 0 Å². The number of unbranched alkanes of at least 4 members (excludes halogenated alkanes) is 44. The summed E-state index contributed by atoms with van der Waals surface area (Å²) in [6.45, 7) is 5.03. The first kappa shape index (κ1) is 64.5. The van der Waals surface area contributed by atoms with E-state index in [2.05, 4.69) is 13.8 Å². The second kappa shape index (κ2) is 54.4. The van der Waals surface area contributed by atoms with Gasteiger partial charge in [0, 0.05) is 19.6 Å². The van der Waals surface area contributed by atoms with Crippen LogP contribution in [0.2, 0.25) is 0 Å². The van der Waals surface area contributed by atoms with Gasteiger partial charge in [0.2, 0.25) is 0 Å². The van der Waals surface area contributed by atoms with Crippen molar-refractivity contribution < 1.29 is 32.8 Å². The minimum absolute atomic E-state index is 0.0895. The van der Waals surface area contributed by atoms with E-state index in [1.807, 2.05) is 0 Å². The summed E-state index contributed by atoms with van der Waals surface area (Å²) in [4.78, 5) is 22.7. The summed E-state index contributed by atoms with van der Waals surface area (Å²) in [7, 11) is -4.28. The molecule has 0 aromatic carbocycles. The van der Waals surface area contributed by atoms with Crippen molar-refractivity contribution in [2.75, 3.05) is 33.0 Å². The molecule has 0 fully saturated rings. The molecule has 0 saturated heterocycles. The molecule has 0 bridgehead atoms. The number of carbonyl (C=O) groups is 1. The lowest BCUT2D eigenvalue weighted by Crippen LogP contribution is -2.28. The van der Waals surface area contributed by atoms with E-state index in [4.69, 9.17) is 24.3 Å². The molecule has 0 aliphatic carbocycles. The van der Waals surface area contributed by atoms with Crippen LogP contribution < -0.4 is 5.73 Å². The van der Waals surface area contributed by atoms with Crippen molar-refractivity contribution >= 4 is 13.8 Å². The standard InChI is InChI=1S/C56H114NO7P/c1-3-5-7-9-11-13-15-17-19-21-23-25-26-27-28-30-32-34-36-38-40-42-44-46-48-51-61-53-55(54-63-65(59,60)62-52-50-57)64-56(58)49-47-45-43-41-39-37-35-33-31-29-24-22-20-18-16-14-12-10-8-6-4-2/h55H,3-54,57H2,1-2H3,(H,59,60). The highest BCUT2D eigenvalue weighted by Crippen LogP contribution is 2.43. The molecular formula is C56H114NO7P. The molecule has 2 atom stereocenters. The van der Waals surface area contributed by atoms with Crippen molar-refractivity contribution in [3.63, 3.8) is 0 Å². The van der Waals surface area contributed by atoms with Gasteiger partial charge in [0.05, 0.1) is 19.8 Å². The number of phosphoric ester groups is 1. The van der Waals surface area contributed by atoms with Crippen molar-refractivity contribution in [2.24, 2.45) is 5.73 Å². The van der Waals surface area contributed by atoms with Gasteiger partial charge in [-0.3, -0.25) is 13.8 Å². The van der Waals surface area contributed by atoms with Crippen LogP contribution in [0.3, 0.4) is 0 Å². The summed E-state index contributed by atoms with van der Waals surface area (Å²) < 4.78 is 33.7. The van der Waals surface area contributed by atoms with Crippen LogP contribution in [0, 0.1) is 0 Å². The number of hydrogen-bond acceptors (Lipinski definition) is 7. The molecule has 9 heteroatoms. The first-order valence-electron chi connectivity index (χ1n) is 29.0. The fraction of sp³-hybridized carbons (Fsp3) is 0.982. The molecule has 2 unspecified atom stereocenters. The van der Waals surface area contributed by atoms with Gasteiger partial charge in [0.15, 0.2) is 0 Å². The van der Waals surface area contributed by atoms with Crippen molar-refractivity contribution in [1.29, 1.82) is 0 Å². The number of esters is 1. The van der Waals surface area contributed by atoms with Gasteiger partial charge in [-0.15, -0.1) is 0 Å². The number of ether oxygens (including phenoxy) is 2. The van der Waals surface area contributed by atoms with Crippen molar-refractivity contribution in [1.82, 2.24) is 0 Å². The van der Waals surface area contributed by atoms with E-state index in [-0.39, 0.29) is 32.3 Å². The van der Waals surface area contributed by atoms with Gasteiger partial charge in [-0.2, -0.15) is 0 Å². The molecule has 3 N–H and O–H groups in total. The Morgan fingerprint density at radius 3 is 0.969 bits per heavy atom. The Morgan fingerprint density at radius 1 is 0.400 bits per heavy atom. The summed E-state index contributed by atoms with van der Waals surface area (Å²) >= 11 is 0. The molecule has 0 radical (unpaired) electrons. The molecule has 0 rings (SSSR count). The summed E-state index contributed by atoms with van der Waals surface area (Å²) in [5, 5.41) is 0. The molecule has 0 saturated carbocycles. The Balaban J connectivity index is 3.80. The predicted molar refractivity (Wildman–Crippen MR) is 280 cm³/mol. The average Bonchev–Trinajstić information content (AvgIpc) is 3.30. The van der Waals surface area contributed by atoms with Crippen LogP contribution in [-0.4, -0.2) is 49.9 Å². The van der Waals surface area contributed by atoms with Gasteiger partial charge < -0.3 is 20.1 Å². The smallest absolute Gasteiger partial charge is 0.457 e. The van der Waals surface area contributed by atoms with Gasteiger partial charge in [-0.25, -0.2) is 4.57 Å². The normalized spacial score (nSPS) is 13.1. The number of carbonyl (C=O) groups excluding carboxylic acids is 1. The molecular weight excluding hydrogens is 830 g/mol. The fourth-order valence-corrected chi connectivity index (χ4v) is 9.77.